The molecule has 0 N–H and O–H groups in total. The number of nitrogens with zero attached hydrogens (tertiary/aromatic N) is 3. The molecule has 0 bridgehead atoms. The van der Waals surface area contributed by atoms with Crippen molar-refractivity contribution in [2.45, 2.75) is 13.5 Å². The van der Waals surface area contributed by atoms with Crippen molar-refractivity contribution in [3.05, 3.63) is 59.9 Å². The van der Waals surface area contributed by atoms with Crippen LogP contribution in [0.15, 0.2) is 48.7 Å². The summed E-state index contributed by atoms with van der Waals surface area (Å²) in [6.07, 6.45) is 1.82. The molecule has 1 aliphatic rings. The first-order chi connectivity index (χ1) is 11.8. The van der Waals surface area contributed by atoms with Gasteiger partial charge < -0.3 is 9.64 Å². The number of carbonyl (C=O) groups excluding carboxylic acids is 1. The molecule has 0 saturated carbocycles. The van der Waals surface area contributed by atoms with E-state index in [9.17, 15) is 4.79 Å². The molecule has 1 aromatic heterocycles. The third-order valence-corrected chi connectivity index (χ3v) is 4.18. The van der Waals surface area contributed by atoms with Gasteiger partial charge in [-0.15, -0.1) is 0 Å². The summed E-state index contributed by atoms with van der Waals surface area (Å²) < 4.78 is 5.42. The molecule has 1 aromatic carbocycles. The van der Waals surface area contributed by atoms with Crippen molar-refractivity contribution in [3.63, 3.8) is 0 Å². The van der Waals surface area contributed by atoms with Gasteiger partial charge in [0, 0.05) is 44.5 Å². The van der Waals surface area contributed by atoms with E-state index in [1.165, 1.54) is 0 Å². The summed E-state index contributed by atoms with van der Waals surface area (Å²) in [6, 6.07) is 13.4. The second kappa shape index (κ2) is 7.93. The van der Waals surface area contributed by atoms with Crippen molar-refractivity contribution in [1.82, 2.24) is 14.8 Å². The Morgan fingerprint density at radius 2 is 1.83 bits per heavy atom. The molecule has 5 nitrogen and oxygen atoms in total. The molecule has 2 heterocycles. The zero-order chi connectivity index (χ0) is 16.8. The monoisotopic (exact) mass is 325 g/mol. The van der Waals surface area contributed by atoms with Gasteiger partial charge in [0.15, 0.2) is 0 Å². The molecule has 0 spiro atoms. The molecule has 1 amide bonds. The molecular formula is C19H23N3O2. The summed E-state index contributed by atoms with van der Waals surface area (Å²) >= 11 is 0. The molecule has 24 heavy (non-hydrogen) atoms. The highest BCUT2D eigenvalue weighted by Crippen LogP contribution is 2.15. The highest BCUT2D eigenvalue weighted by atomic mass is 16.5. The summed E-state index contributed by atoms with van der Waals surface area (Å²) in [7, 11) is 0. The molecule has 3 rings (SSSR count). The topological polar surface area (TPSA) is 45.7 Å². The third kappa shape index (κ3) is 4.11. The Bertz CT molecular complexity index is 650. The van der Waals surface area contributed by atoms with Crippen molar-refractivity contribution < 1.29 is 9.53 Å². The summed E-state index contributed by atoms with van der Waals surface area (Å²) in [5.74, 6) is 0.893. The maximum Gasteiger partial charge on any atom is 0.253 e. The standard InChI is InChI=1S/C19H23N3O2/c1-2-24-18-8-6-16(7-9-18)19(23)22-13-11-21(12-14-22)15-17-5-3-4-10-20-17/h3-10H,2,11-15H2,1H3. The molecule has 2 aromatic rings. The van der Waals surface area contributed by atoms with Crippen LogP contribution in [0.1, 0.15) is 23.0 Å². The minimum absolute atomic E-state index is 0.0931. The lowest BCUT2D eigenvalue weighted by Crippen LogP contribution is -2.48. The molecule has 0 atom stereocenters. The van der Waals surface area contributed by atoms with E-state index >= 15 is 0 Å². The van der Waals surface area contributed by atoms with E-state index in [-0.39, 0.29) is 5.91 Å². The Hall–Kier alpha value is -2.40. The quantitative estimate of drug-likeness (QED) is 0.847. The van der Waals surface area contributed by atoms with Crippen LogP contribution in [-0.2, 0) is 6.54 Å². The van der Waals surface area contributed by atoms with Gasteiger partial charge >= 0.3 is 0 Å². The van der Waals surface area contributed by atoms with Crippen LogP contribution in [0.4, 0.5) is 0 Å². The number of ether oxygens (including phenoxy) is 1. The van der Waals surface area contributed by atoms with Crippen LogP contribution in [0.25, 0.3) is 0 Å². The van der Waals surface area contributed by atoms with Crippen LogP contribution in [0.3, 0.4) is 0 Å². The Balaban J connectivity index is 1.53. The molecule has 5 heteroatoms. The number of piperazine rings is 1. The van der Waals surface area contributed by atoms with Gasteiger partial charge in [0.05, 0.1) is 12.3 Å². The van der Waals surface area contributed by atoms with Gasteiger partial charge in [-0.25, -0.2) is 0 Å². The van der Waals surface area contributed by atoms with E-state index in [4.69, 9.17) is 4.74 Å². The van der Waals surface area contributed by atoms with Crippen LogP contribution in [0.2, 0.25) is 0 Å². The molecule has 0 aliphatic carbocycles. The van der Waals surface area contributed by atoms with Crippen LogP contribution in [-0.4, -0.2) is 53.5 Å². The lowest BCUT2D eigenvalue weighted by molar-refractivity contribution is 0.0627. The van der Waals surface area contributed by atoms with Gasteiger partial charge in [-0.05, 0) is 43.3 Å². The first kappa shape index (κ1) is 16.5. The second-order valence-corrected chi connectivity index (χ2v) is 5.85. The van der Waals surface area contributed by atoms with Crippen LogP contribution < -0.4 is 4.74 Å². The van der Waals surface area contributed by atoms with E-state index in [1.807, 2.05) is 60.5 Å². The molecule has 0 radical (unpaired) electrons. The van der Waals surface area contributed by atoms with Gasteiger partial charge in [-0.2, -0.15) is 0 Å². The Labute approximate surface area is 142 Å². The van der Waals surface area contributed by atoms with E-state index < -0.39 is 0 Å². The SMILES string of the molecule is CCOc1ccc(C(=O)N2CCN(Cc3ccccn3)CC2)cc1. The molecule has 126 valence electrons. The van der Waals surface area contributed by atoms with Crippen LogP contribution >= 0.6 is 0 Å². The lowest BCUT2D eigenvalue weighted by atomic mass is 10.1. The maximum absolute atomic E-state index is 12.6. The number of carbonyl (C=O) groups is 1. The molecular weight excluding hydrogens is 302 g/mol. The van der Waals surface area contributed by atoms with E-state index in [1.54, 1.807) is 0 Å². The van der Waals surface area contributed by atoms with Crippen molar-refractivity contribution >= 4 is 5.91 Å². The summed E-state index contributed by atoms with van der Waals surface area (Å²) in [6.45, 7) is 6.66. The Morgan fingerprint density at radius 3 is 2.46 bits per heavy atom. The van der Waals surface area contributed by atoms with E-state index in [2.05, 4.69) is 9.88 Å². The predicted octanol–water partition coefficient (Wildman–Crippen LogP) is 2.44. The first-order valence-electron chi connectivity index (χ1n) is 8.40. The van der Waals surface area contributed by atoms with Gasteiger partial charge in [0.1, 0.15) is 5.75 Å². The van der Waals surface area contributed by atoms with Crippen LogP contribution in [0.5, 0.6) is 5.75 Å². The van der Waals surface area contributed by atoms with Gasteiger partial charge in [-0.1, -0.05) is 6.07 Å². The average Bonchev–Trinajstić information content (AvgIpc) is 2.64. The molecule has 0 unspecified atom stereocenters. The zero-order valence-corrected chi connectivity index (χ0v) is 14.0. The predicted molar refractivity (Wildman–Crippen MR) is 93.0 cm³/mol. The maximum atomic E-state index is 12.6. The smallest absolute Gasteiger partial charge is 0.253 e. The minimum atomic E-state index is 0.0931. The van der Waals surface area contributed by atoms with Crippen LogP contribution in [0, 0.1) is 0 Å². The van der Waals surface area contributed by atoms with Gasteiger partial charge in [0.2, 0.25) is 0 Å². The second-order valence-electron chi connectivity index (χ2n) is 5.85. The summed E-state index contributed by atoms with van der Waals surface area (Å²) in [5, 5.41) is 0. The summed E-state index contributed by atoms with van der Waals surface area (Å²) in [4.78, 5) is 21.2. The third-order valence-electron chi connectivity index (χ3n) is 4.18. The lowest BCUT2D eigenvalue weighted by Gasteiger charge is -2.34. The minimum Gasteiger partial charge on any atom is -0.494 e. The number of amides is 1. The van der Waals surface area contributed by atoms with E-state index in [0.29, 0.717) is 6.61 Å². The van der Waals surface area contributed by atoms with Crippen molar-refractivity contribution in [3.8, 4) is 5.75 Å². The number of pyridine rings is 1. The fraction of sp³-hybridized carbons (Fsp3) is 0.368. The molecule has 1 saturated heterocycles. The average molecular weight is 325 g/mol. The zero-order valence-electron chi connectivity index (χ0n) is 14.0. The van der Waals surface area contributed by atoms with Crippen molar-refractivity contribution in [2.24, 2.45) is 0 Å². The number of rotatable bonds is 5. The Morgan fingerprint density at radius 1 is 1.08 bits per heavy atom. The number of benzene rings is 1. The fourth-order valence-corrected chi connectivity index (χ4v) is 2.87. The van der Waals surface area contributed by atoms with Crippen molar-refractivity contribution in [1.29, 1.82) is 0 Å². The van der Waals surface area contributed by atoms with E-state index in [0.717, 1.165) is 49.7 Å². The molecule has 1 aliphatic heterocycles. The van der Waals surface area contributed by atoms with Gasteiger partial charge in [-0.3, -0.25) is 14.7 Å². The fourth-order valence-electron chi connectivity index (χ4n) is 2.87. The van der Waals surface area contributed by atoms with Crippen molar-refractivity contribution in [2.75, 3.05) is 32.8 Å². The molecule has 1 fully saturated rings. The van der Waals surface area contributed by atoms with Gasteiger partial charge in [0.25, 0.3) is 5.91 Å². The number of hydrogen-bond donors (Lipinski definition) is 0. The normalized spacial score (nSPS) is 15.3. The Kier molecular flexibility index (Phi) is 5.43. The largest absolute Gasteiger partial charge is 0.494 e. The summed E-state index contributed by atoms with van der Waals surface area (Å²) in [5.41, 5.74) is 1.79. The number of aromatic nitrogens is 1. The highest BCUT2D eigenvalue weighted by Gasteiger charge is 2.22. The first-order valence-corrected chi connectivity index (χ1v) is 8.40. The number of hydrogen-bond acceptors (Lipinski definition) is 4. The highest BCUT2D eigenvalue weighted by molar-refractivity contribution is 5.94.